The lowest BCUT2D eigenvalue weighted by molar-refractivity contribution is 0.649. The second kappa shape index (κ2) is 5.43. The molecule has 0 radical (unpaired) electrons. The lowest BCUT2D eigenvalue weighted by Gasteiger charge is -2.18. The monoisotopic (exact) mass is 332 g/mol. The minimum absolute atomic E-state index is 0.000440. The molecule has 1 unspecified atom stereocenters. The van der Waals surface area contributed by atoms with E-state index in [1.54, 1.807) is 11.3 Å². The topological polar surface area (TPSA) is 38.0 Å². The molecule has 0 aliphatic rings. The van der Waals surface area contributed by atoms with Crippen molar-refractivity contribution in [3.63, 3.8) is 0 Å². The maximum Gasteiger partial charge on any atom is 0.0819 e. The van der Waals surface area contributed by atoms with Crippen LogP contribution in [0.3, 0.4) is 0 Å². The Morgan fingerprint density at radius 1 is 1.05 bits per heavy atom. The molecule has 2 aromatic carbocycles. The molecule has 0 spiro atoms. The zero-order valence-corrected chi connectivity index (χ0v) is 12.5. The number of rotatable bonds is 3. The summed E-state index contributed by atoms with van der Waals surface area (Å²) in [6.07, 6.45) is 0. The first-order chi connectivity index (χ1) is 9.31. The Hall–Kier alpha value is -1.20. The summed E-state index contributed by atoms with van der Waals surface area (Å²) in [5.74, 6) is 5.79. The molecule has 0 bridgehead atoms. The van der Waals surface area contributed by atoms with Crippen molar-refractivity contribution in [2.75, 3.05) is 0 Å². The molecule has 0 fully saturated rings. The highest BCUT2D eigenvalue weighted by molar-refractivity contribution is 9.10. The average molecular weight is 333 g/mol. The third-order valence-corrected chi connectivity index (χ3v) is 5.14. The van der Waals surface area contributed by atoms with Gasteiger partial charge in [0.15, 0.2) is 0 Å². The van der Waals surface area contributed by atoms with Gasteiger partial charge < -0.3 is 0 Å². The van der Waals surface area contributed by atoms with Crippen molar-refractivity contribution in [2.45, 2.75) is 6.04 Å². The Morgan fingerprint density at radius 3 is 2.58 bits per heavy atom. The summed E-state index contributed by atoms with van der Waals surface area (Å²) < 4.78 is 1.09. The van der Waals surface area contributed by atoms with Crippen LogP contribution in [-0.2, 0) is 0 Å². The van der Waals surface area contributed by atoms with E-state index in [0.29, 0.717) is 0 Å². The molecule has 2 nitrogen and oxygen atoms in total. The maximum atomic E-state index is 5.79. The number of benzene rings is 2. The van der Waals surface area contributed by atoms with Crippen LogP contribution in [0.15, 0.2) is 58.4 Å². The molecule has 3 aromatic rings. The zero-order chi connectivity index (χ0) is 13.2. The van der Waals surface area contributed by atoms with Crippen molar-refractivity contribution in [3.8, 4) is 0 Å². The lowest BCUT2D eigenvalue weighted by atomic mass is 9.98. The Labute approximate surface area is 124 Å². The molecular formula is C15H13BrN2S. The van der Waals surface area contributed by atoms with Crippen molar-refractivity contribution < 1.29 is 0 Å². The largest absolute Gasteiger partial charge is 0.271 e. The highest BCUT2D eigenvalue weighted by atomic mass is 79.9. The number of nitrogens with two attached hydrogens (primary N) is 1. The van der Waals surface area contributed by atoms with Gasteiger partial charge in [-0.1, -0.05) is 42.5 Å². The fourth-order valence-electron chi connectivity index (χ4n) is 2.32. The van der Waals surface area contributed by atoms with Crippen LogP contribution in [0.5, 0.6) is 0 Å². The summed E-state index contributed by atoms with van der Waals surface area (Å²) in [5.41, 5.74) is 4.13. The normalized spacial score (nSPS) is 12.7. The number of fused-ring (bicyclic) bond motifs is 1. The SMILES string of the molecule is NNC(c1sccc1Br)c1cccc2ccccc12. The van der Waals surface area contributed by atoms with Gasteiger partial charge in [-0.2, -0.15) is 0 Å². The predicted molar refractivity (Wildman–Crippen MR) is 85.1 cm³/mol. The van der Waals surface area contributed by atoms with Gasteiger partial charge in [0.05, 0.1) is 6.04 Å². The van der Waals surface area contributed by atoms with Gasteiger partial charge in [0.1, 0.15) is 0 Å². The smallest absolute Gasteiger partial charge is 0.0819 e. The number of thiophene rings is 1. The van der Waals surface area contributed by atoms with Crippen LogP contribution >= 0.6 is 27.3 Å². The molecule has 96 valence electrons. The Kier molecular flexibility index (Phi) is 3.66. The molecule has 1 heterocycles. The molecule has 19 heavy (non-hydrogen) atoms. The van der Waals surface area contributed by atoms with Crippen LogP contribution in [0.25, 0.3) is 10.8 Å². The first-order valence-corrected chi connectivity index (χ1v) is 7.65. The molecule has 0 saturated heterocycles. The van der Waals surface area contributed by atoms with Gasteiger partial charge in [0.2, 0.25) is 0 Å². The number of halogens is 1. The minimum atomic E-state index is 0.000440. The molecule has 1 aromatic heterocycles. The third kappa shape index (κ3) is 2.32. The van der Waals surface area contributed by atoms with E-state index in [4.69, 9.17) is 5.84 Å². The molecule has 0 amide bonds. The first kappa shape index (κ1) is 12.8. The Morgan fingerprint density at radius 2 is 1.84 bits per heavy atom. The van der Waals surface area contributed by atoms with E-state index >= 15 is 0 Å². The lowest BCUT2D eigenvalue weighted by Crippen LogP contribution is -2.28. The zero-order valence-electron chi connectivity index (χ0n) is 10.1. The molecule has 4 heteroatoms. The van der Waals surface area contributed by atoms with E-state index in [-0.39, 0.29) is 6.04 Å². The minimum Gasteiger partial charge on any atom is -0.271 e. The van der Waals surface area contributed by atoms with Crippen LogP contribution in [-0.4, -0.2) is 0 Å². The fraction of sp³-hybridized carbons (Fsp3) is 0.0667. The number of hydrazine groups is 1. The van der Waals surface area contributed by atoms with Crippen molar-refractivity contribution in [2.24, 2.45) is 5.84 Å². The van der Waals surface area contributed by atoms with Gasteiger partial charge in [0, 0.05) is 9.35 Å². The molecule has 0 aliphatic carbocycles. The van der Waals surface area contributed by atoms with Crippen LogP contribution in [0.1, 0.15) is 16.5 Å². The van der Waals surface area contributed by atoms with Crippen molar-refractivity contribution in [1.82, 2.24) is 5.43 Å². The van der Waals surface area contributed by atoms with Crippen LogP contribution in [0, 0.1) is 0 Å². The van der Waals surface area contributed by atoms with E-state index in [1.165, 1.54) is 21.2 Å². The molecule has 0 aliphatic heterocycles. The van der Waals surface area contributed by atoms with Crippen LogP contribution < -0.4 is 11.3 Å². The second-order valence-electron chi connectivity index (χ2n) is 4.30. The second-order valence-corrected chi connectivity index (χ2v) is 6.10. The first-order valence-electron chi connectivity index (χ1n) is 5.98. The van der Waals surface area contributed by atoms with Gasteiger partial charge >= 0.3 is 0 Å². The standard InChI is InChI=1S/C15H13BrN2S/c16-13-8-9-19-15(13)14(18-17)12-7-3-5-10-4-1-2-6-11(10)12/h1-9,14,18H,17H2. The average Bonchev–Trinajstić information content (AvgIpc) is 2.86. The van der Waals surface area contributed by atoms with Crippen LogP contribution in [0.4, 0.5) is 0 Å². The van der Waals surface area contributed by atoms with Crippen LogP contribution in [0.2, 0.25) is 0 Å². The van der Waals surface area contributed by atoms with E-state index < -0.39 is 0 Å². The summed E-state index contributed by atoms with van der Waals surface area (Å²) in [7, 11) is 0. The van der Waals surface area contributed by atoms with Gasteiger partial charge in [-0.25, -0.2) is 5.43 Å². The quantitative estimate of drug-likeness (QED) is 0.556. The molecule has 0 saturated carbocycles. The Bertz CT molecular complexity index is 703. The van der Waals surface area contributed by atoms with Crippen molar-refractivity contribution >= 4 is 38.0 Å². The van der Waals surface area contributed by atoms with E-state index in [0.717, 1.165) is 4.47 Å². The van der Waals surface area contributed by atoms with Gasteiger partial charge in [-0.15, -0.1) is 11.3 Å². The molecule has 1 atom stereocenters. The number of nitrogens with one attached hydrogen (secondary N) is 1. The predicted octanol–water partition coefficient (Wildman–Crippen LogP) is 4.22. The molecule has 3 N–H and O–H groups in total. The van der Waals surface area contributed by atoms with Crippen molar-refractivity contribution in [3.05, 3.63) is 68.8 Å². The van der Waals surface area contributed by atoms with E-state index in [2.05, 4.69) is 75.3 Å². The summed E-state index contributed by atoms with van der Waals surface area (Å²) >= 11 is 5.28. The Balaban J connectivity index is 2.20. The summed E-state index contributed by atoms with van der Waals surface area (Å²) in [5, 5.41) is 4.52. The number of hydrogen-bond acceptors (Lipinski definition) is 3. The van der Waals surface area contributed by atoms with Gasteiger partial charge in [-0.3, -0.25) is 5.84 Å². The summed E-state index contributed by atoms with van der Waals surface area (Å²) in [6, 6.07) is 16.7. The van der Waals surface area contributed by atoms with Crippen molar-refractivity contribution in [1.29, 1.82) is 0 Å². The fourth-order valence-corrected chi connectivity index (χ4v) is 4.00. The summed E-state index contributed by atoms with van der Waals surface area (Å²) in [6.45, 7) is 0. The number of hydrogen-bond donors (Lipinski definition) is 2. The van der Waals surface area contributed by atoms with E-state index in [1.807, 2.05) is 0 Å². The highest BCUT2D eigenvalue weighted by Gasteiger charge is 2.18. The maximum absolute atomic E-state index is 5.79. The highest BCUT2D eigenvalue weighted by Crippen LogP contribution is 2.35. The summed E-state index contributed by atoms with van der Waals surface area (Å²) in [4.78, 5) is 1.19. The third-order valence-electron chi connectivity index (χ3n) is 3.21. The van der Waals surface area contributed by atoms with E-state index in [9.17, 15) is 0 Å². The van der Waals surface area contributed by atoms with Gasteiger partial charge in [0.25, 0.3) is 0 Å². The van der Waals surface area contributed by atoms with Gasteiger partial charge in [-0.05, 0) is 43.7 Å². The molecular weight excluding hydrogens is 320 g/mol. The molecule has 3 rings (SSSR count).